The molecule has 0 radical (unpaired) electrons. The summed E-state index contributed by atoms with van der Waals surface area (Å²) >= 11 is 0. The molecule has 0 saturated carbocycles. The predicted molar refractivity (Wildman–Crippen MR) is 96.0 cm³/mol. The lowest BCUT2D eigenvalue weighted by atomic mass is 10.0. The summed E-state index contributed by atoms with van der Waals surface area (Å²) in [4.78, 5) is 23.3. The molecule has 1 N–H and O–H groups in total. The molecule has 1 amide bonds. The summed E-state index contributed by atoms with van der Waals surface area (Å²) in [6.07, 6.45) is 3.25. The number of methoxy groups -OCH3 is 1. The van der Waals surface area contributed by atoms with Crippen LogP contribution in [0.15, 0.2) is 54.6 Å². The molecular weight excluding hydrogens is 302 g/mol. The fourth-order valence-corrected chi connectivity index (χ4v) is 2.16. The van der Waals surface area contributed by atoms with Crippen LogP contribution >= 0.6 is 0 Å². The highest BCUT2D eigenvalue weighted by Crippen LogP contribution is 2.15. The molecule has 0 aliphatic heterocycles. The minimum atomic E-state index is -0.405. The first-order valence-electron chi connectivity index (χ1n) is 7.77. The van der Waals surface area contributed by atoms with E-state index in [1.54, 1.807) is 30.3 Å². The van der Waals surface area contributed by atoms with Crippen molar-refractivity contribution in [2.75, 3.05) is 12.4 Å². The van der Waals surface area contributed by atoms with Gasteiger partial charge in [0.1, 0.15) is 0 Å². The monoisotopic (exact) mass is 323 g/mol. The normalized spacial score (nSPS) is 10.8. The first kappa shape index (κ1) is 17.5. The molecule has 2 aromatic carbocycles. The number of hydrogen-bond acceptors (Lipinski definition) is 3. The van der Waals surface area contributed by atoms with Crippen molar-refractivity contribution >= 4 is 23.6 Å². The minimum absolute atomic E-state index is 0.228. The second-order valence-electron chi connectivity index (χ2n) is 5.71. The highest BCUT2D eigenvalue weighted by molar-refractivity contribution is 6.02. The van der Waals surface area contributed by atoms with Gasteiger partial charge in [-0.3, -0.25) is 4.79 Å². The molecule has 0 aliphatic rings. The van der Waals surface area contributed by atoms with Gasteiger partial charge in [-0.2, -0.15) is 0 Å². The Kier molecular flexibility index (Phi) is 5.90. The van der Waals surface area contributed by atoms with E-state index in [1.807, 2.05) is 12.1 Å². The Bertz CT molecular complexity index is 728. The molecule has 24 heavy (non-hydrogen) atoms. The second kappa shape index (κ2) is 8.11. The smallest absolute Gasteiger partial charge is 0.337 e. The van der Waals surface area contributed by atoms with Crippen molar-refractivity contribution in [3.63, 3.8) is 0 Å². The minimum Gasteiger partial charge on any atom is -0.465 e. The third kappa shape index (κ3) is 4.81. The van der Waals surface area contributed by atoms with E-state index in [0.717, 1.165) is 5.56 Å². The number of carbonyl (C=O) groups excluding carboxylic acids is 2. The molecule has 4 nitrogen and oxygen atoms in total. The maximum Gasteiger partial charge on any atom is 0.337 e. The van der Waals surface area contributed by atoms with E-state index >= 15 is 0 Å². The van der Waals surface area contributed by atoms with E-state index < -0.39 is 5.97 Å². The second-order valence-corrected chi connectivity index (χ2v) is 5.71. The molecule has 0 saturated heterocycles. The summed E-state index contributed by atoms with van der Waals surface area (Å²) in [6, 6.07) is 14.6. The number of hydrogen-bond donors (Lipinski definition) is 1. The average molecular weight is 323 g/mol. The molecule has 0 fully saturated rings. The van der Waals surface area contributed by atoms with Crippen LogP contribution in [0.4, 0.5) is 5.69 Å². The van der Waals surface area contributed by atoms with Gasteiger partial charge in [-0.1, -0.05) is 38.1 Å². The zero-order valence-electron chi connectivity index (χ0n) is 14.1. The molecule has 0 atom stereocenters. The zero-order chi connectivity index (χ0) is 17.5. The van der Waals surface area contributed by atoms with Gasteiger partial charge < -0.3 is 10.1 Å². The number of anilines is 1. The lowest BCUT2D eigenvalue weighted by Crippen LogP contribution is -2.08. The number of carbonyl (C=O) groups is 2. The molecule has 0 unspecified atom stereocenters. The van der Waals surface area contributed by atoms with E-state index in [1.165, 1.54) is 18.7 Å². The van der Waals surface area contributed by atoms with Crippen molar-refractivity contribution in [1.29, 1.82) is 0 Å². The molecule has 2 aromatic rings. The van der Waals surface area contributed by atoms with Gasteiger partial charge in [0.2, 0.25) is 5.91 Å². The summed E-state index contributed by atoms with van der Waals surface area (Å²) in [5.41, 5.74) is 3.29. The predicted octanol–water partition coefficient (Wildman–Crippen LogP) is 4.25. The van der Waals surface area contributed by atoms with Crippen LogP contribution in [0.5, 0.6) is 0 Å². The lowest BCUT2D eigenvalue weighted by molar-refractivity contribution is -0.111. The van der Waals surface area contributed by atoms with E-state index in [4.69, 9.17) is 0 Å². The van der Waals surface area contributed by atoms with E-state index in [-0.39, 0.29) is 5.91 Å². The van der Waals surface area contributed by atoms with Crippen molar-refractivity contribution in [2.45, 2.75) is 19.8 Å². The van der Waals surface area contributed by atoms with Crippen LogP contribution in [0.3, 0.4) is 0 Å². The van der Waals surface area contributed by atoms with Crippen LogP contribution in [-0.2, 0) is 9.53 Å². The van der Waals surface area contributed by atoms with Crippen LogP contribution in [0.25, 0.3) is 6.08 Å². The number of benzene rings is 2. The molecule has 124 valence electrons. The third-order valence-corrected chi connectivity index (χ3v) is 3.60. The van der Waals surface area contributed by atoms with E-state index in [0.29, 0.717) is 17.2 Å². The van der Waals surface area contributed by atoms with Crippen LogP contribution < -0.4 is 5.32 Å². The molecule has 4 heteroatoms. The molecule has 0 bridgehead atoms. The zero-order valence-corrected chi connectivity index (χ0v) is 14.1. The highest BCUT2D eigenvalue weighted by atomic mass is 16.5. The summed E-state index contributed by atoms with van der Waals surface area (Å²) in [5, 5.41) is 2.75. The van der Waals surface area contributed by atoms with Gasteiger partial charge in [-0.05, 0) is 47.4 Å². The van der Waals surface area contributed by atoms with Gasteiger partial charge in [0.25, 0.3) is 0 Å². The Balaban J connectivity index is 1.96. The topological polar surface area (TPSA) is 55.4 Å². The van der Waals surface area contributed by atoms with Crippen molar-refractivity contribution in [3.8, 4) is 0 Å². The van der Waals surface area contributed by atoms with Gasteiger partial charge in [-0.25, -0.2) is 4.79 Å². The molecule has 2 rings (SSSR count). The summed E-state index contributed by atoms with van der Waals surface area (Å²) in [7, 11) is 1.33. The molecule has 0 aliphatic carbocycles. The Labute approximate surface area is 142 Å². The molecule has 0 spiro atoms. The summed E-state index contributed by atoms with van der Waals surface area (Å²) < 4.78 is 4.63. The lowest BCUT2D eigenvalue weighted by Gasteiger charge is -2.05. The Morgan fingerprint density at radius 1 is 1.00 bits per heavy atom. The number of esters is 1. The number of amides is 1. The molecular formula is C20H21NO3. The SMILES string of the molecule is COC(=O)c1ccc(NC(=O)/C=C/c2ccc(C(C)C)cc2)cc1. The third-order valence-electron chi connectivity index (χ3n) is 3.60. The largest absolute Gasteiger partial charge is 0.465 e. The summed E-state index contributed by atoms with van der Waals surface area (Å²) in [5.74, 6) is -0.148. The van der Waals surface area contributed by atoms with Crippen LogP contribution in [-0.4, -0.2) is 19.0 Å². The molecule has 0 aromatic heterocycles. The van der Waals surface area contributed by atoms with Crippen LogP contribution in [0, 0.1) is 0 Å². The standard InChI is InChI=1S/C20H21NO3/c1-14(2)16-7-4-15(5-8-16)6-13-19(22)21-18-11-9-17(10-12-18)20(23)24-3/h4-14H,1-3H3,(H,21,22)/b13-6+. The first-order valence-corrected chi connectivity index (χ1v) is 7.77. The number of rotatable bonds is 5. The van der Waals surface area contributed by atoms with Crippen LogP contribution in [0.2, 0.25) is 0 Å². The van der Waals surface area contributed by atoms with Gasteiger partial charge in [0.05, 0.1) is 12.7 Å². The van der Waals surface area contributed by atoms with Gasteiger partial charge >= 0.3 is 5.97 Å². The number of ether oxygens (including phenoxy) is 1. The maximum absolute atomic E-state index is 11.9. The first-order chi connectivity index (χ1) is 11.5. The number of nitrogens with one attached hydrogen (secondary N) is 1. The average Bonchev–Trinajstić information content (AvgIpc) is 2.60. The van der Waals surface area contributed by atoms with E-state index in [2.05, 4.69) is 36.0 Å². The van der Waals surface area contributed by atoms with Gasteiger partial charge in [0.15, 0.2) is 0 Å². The van der Waals surface area contributed by atoms with Crippen molar-refractivity contribution in [3.05, 3.63) is 71.3 Å². The fraction of sp³-hybridized carbons (Fsp3) is 0.200. The Morgan fingerprint density at radius 2 is 1.62 bits per heavy atom. The van der Waals surface area contributed by atoms with Crippen LogP contribution in [0.1, 0.15) is 41.3 Å². The van der Waals surface area contributed by atoms with Crippen molar-refractivity contribution < 1.29 is 14.3 Å². The quantitative estimate of drug-likeness (QED) is 0.661. The summed E-state index contributed by atoms with van der Waals surface area (Å²) in [6.45, 7) is 4.29. The van der Waals surface area contributed by atoms with Crippen molar-refractivity contribution in [2.24, 2.45) is 0 Å². The molecule has 0 heterocycles. The Hall–Kier alpha value is -2.88. The van der Waals surface area contributed by atoms with Crippen molar-refractivity contribution in [1.82, 2.24) is 0 Å². The Morgan fingerprint density at radius 3 is 2.17 bits per heavy atom. The van der Waals surface area contributed by atoms with Gasteiger partial charge in [0, 0.05) is 11.8 Å². The highest BCUT2D eigenvalue weighted by Gasteiger charge is 2.05. The van der Waals surface area contributed by atoms with E-state index in [9.17, 15) is 9.59 Å². The fourth-order valence-electron chi connectivity index (χ4n) is 2.16. The van der Waals surface area contributed by atoms with Gasteiger partial charge in [-0.15, -0.1) is 0 Å². The maximum atomic E-state index is 11.9.